The van der Waals surface area contributed by atoms with Crippen molar-refractivity contribution < 1.29 is 18.0 Å². The lowest BCUT2D eigenvalue weighted by Gasteiger charge is -2.32. The van der Waals surface area contributed by atoms with Gasteiger partial charge in [0.25, 0.3) is 0 Å². The molecule has 2 saturated carbocycles. The molecule has 0 radical (unpaired) electrons. The lowest BCUT2D eigenvalue weighted by atomic mass is 9.78. The number of aromatic nitrogens is 1. The summed E-state index contributed by atoms with van der Waals surface area (Å²) in [6.45, 7) is 0. The highest BCUT2D eigenvalue weighted by atomic mass is 32.1. The Morgan fingerprint density at radius 3 is 2.55 bits per heavy atom. The summed E-state index contributed by atoms with van der Waals surface area (Å²) in [4.78, 5) is 16.6. The van der Waals surface area contributed by atoms with Crippen LogP contribution in [0.25, 0.3) is 0 Å². The predicted octanol–water partition coefficient (Wildman–Crippen LogP) is 4.72. The summed E-state index contributed by atoms with van der Waals surface area (Å²) in [5, 5.41) is 3.17. The zero-order valence-electron chi connectivity index (χ0n) is 12.2. The Labute approximate surface area is 131 Å². The molecule has 3 nitrogen and oxygen atoms in total. The first kappa shape index (κ1) is 15.8. The van der Waals surface area contributed by atoms with Crippen molar-refractivity contribution in [3.63, 3.8) is 0 Å². The fourth-order valence-corrected chi connectivity index (χ4v) is 4.28. The van der Waals surface area contributed by atoms with Crippen LogP contribution in [0.1, 0.15) is 55.7 Å². The average Bonchev–Trinajstić information content (AvgIpc) is 2.84. The van der Waals surface area contributed by atoms with E-state index in [0.717, 1.165) is 25.7 Å². The average molecular weight is 332 g/mol. The Balaban J connectivity index is 1.70. The molecule has 2 aliphatic carbocycles. The molecule has 0 spiro atoms. The maximum atomic E-state index is 13.2. The second kappa shape index (κ2) is 6.18. The van der Waals surface area contributed by atoms with Gasteiger partial charge in [-0.2, -0.15) is 13.2 Å². The fourth-order valence-electron chi connectivity index (χ4n) is 3.26. The molecule has 2 atom stereocenters. The molecule has 0 saturated heterocycles. The third-order valence-corrected chi connectivity index (χ3v) is 5.83. The summed E-state index contributed by atoms with van der Waals surface area (Å²) < 4.78 is 39.5. The zero-order valence-corrected chi connectivity index (χ0v) is 13.0. The van der Waals surface area contributed by atoms with Crippen LogP contribution >= 0.6 is 11.3 Å². The molecule has 0 aromatic carbocycles. The highest BCUT2D eigenvalue weighted by molar-refractivity contribution is 7.15. The second-order valence-corrected chi connectivity index (χ2v) is 7.29. The van der Waals surface area contributed by atoms with E-state index in [4.69, 9.17) is 0 Å². The third kappa shape index (κ3) is 3.29. The van der Waals surface area contributed by atoms with Crippen LogP contribution in [0.3, 0.4) is 0 Å². The number of nitrogens with one attached hydrogen (secondary N) is 1. The molecular weight excluding hydrogens is 313 g/mol. The Bertz CT molecular complexity index is 539. The van der Waals surface area contributed by atoms with E-state index in [1.807, 2.05) is 0 Å². The number of anilines is 1. The molecule has 2 fully saturated rings. The molecule has 2 aliphatic rings. The van der Waals surface area contributed by atoms with E-state index >= 15 is 0 Å². The number of hydrogen-bond donors (Lipinski definition) is 1. The van der Waals surface area contributed by atoms with Gasteiger partial charge in [-0.15, -0.1) is 11.3 Å². The number of thiazole rings is 1. The van der Waals surface area contributed by atoms with E-state index < -0.39 is 18.0 Å². The van der Waals surface area contributed by atoms with Gasteiger partial charge in [-0.1, -0.05) is 19.3 Å². The smallest absolute Gasteiger partial charge is 0.302 e. The molecule has 0 bridgehead atoms. The lowest BCUT2D eigenvalue weighted by Crippen LogP contribution is -2.31. The predicted molar refractivity (Wildman–Crippen MR) is 78.8 cm³/mol. The van der Waals surface area contributed by atoms with Crippen LogP contribution < -0.4 is 5.32 Å². The minimum Gasteiger partial charge on any atom is -0.302 e. The molecule has 7 heteroatoms. The largest absolute Gasteiger partial charge is 0.392 e. The summed E-state index contributed by atoms with van der Waals surface area (Å²) in [6, 6.07) is 0. The van der Waals surface area contributed by atoms with Crippen molar-refractivity contribution >= 4 is 22.4 Å². The summed E-state index contributed by atoms with van der Waals surface area (Å²) in [7, 11) is 0. The van der Waals surface area contributed by atoms with Crippen molar-refractivity contribution in [3.8, 4) is 0 Å². The highest BCUT2D eigenvalue weighted by Gasteiger charge is 2.46. The number of halogens is 3. The molecule has 122 valence electrons. The normalized spacial score (nSPS) is 26.5. The van der Waals surface area contributed by atoms with Crippen molar-refractivity contribution in [2.75, 3.05) is 5.32 Å². The Kier molecular flexibility index (Phi) is 4.43. The Morgan fingerprint density at radius 2 is 1.91 bits per heavy atom. The summed E-state index contributed by atoms with van der Waals surface area (Å²) in [5.41, 5.74) is 0. The number of amides is 1. The molecule has 1 amide bonds. The number of hydrogen-bond acceptors (Lipinski definition) is 3. The third-order valence-electron chi connectivity index (χ3n) is 4.78. The minimum atomic E-state index is -4.16. The van der Waals surface area contributed by atoms with Gasteiger partial charge >= 0.3 is 6.18 Å². The SMILES string of the molecule is O=C(Nc1ncc([C@@H]2CCCC[C@@H]2C(F)(F)F)s1)C1CCC1. The maximum Gasteiger partial charge on any atom is 0.392 e. The maximum absolute atomic E-state index is 13.2. The van der Waals surface area contributed by atoms with Gasteiger partial charge in [-0.25, -0.2) is 4.98 Å². The Morgan fingerprint density at radius 1 is 1.18 bits per heavy atom. The Hall–Kier alpha value is -1.11. The first-order valence-electron chi connectivity index (χ1n) is 7.78. The van der Waals surface area contributed by atoms with Gasteiger partial charge in [0, 0.05) is 22.9 Å². The highest BCUT2D eigenvalue weighted by Crippen LogP contribution is 2.48. The van der Waals surface area contributed by atoms with Crippen molar-refractivity contribution in [1.29, 1.82) is 0 Å². The number of alkyl halides is 3. The van der Waals surface area contributed by atoms with Crippen molar-refractivity contribution in [3.05, 3.63) is 11.1 Å². The number of carbonyl (C=O) groups is 1. The summed E-state index contributed by atoms with van der Waals surface area (Å²) in [6.07, 6.45) is 2.38. The molecule has 0 aliphatic heterocycles. The zero-order chi connectivity index (χ0) is 15.7. The van der Waals surface area contributed by atoms with Crippen LogP contribution in [-0.2, 0) is 4.79 Å². The van der Waals surface area contributed by atoms with Crippen molar-refractivity contribution in [2.45, 2.75) is 57.0 Å². The molecule has 1 aromatic heterocycles. The molecule has 1 N–H and O–H groups in total. The first-order valence-corrected chi connectivity index (χ1v) is 8.60. The van der Waals surface area contributed by atoms with E-state index in [-0.39, 0.29) is 18.2 Å². The van der Waals surface area contributed by atoms with Gasteiger partial charge in [0.05, 0.1) is 5.92 Å². The number of rotatable bonds is 3. The van der Waals surface area contributed by atoms with E-state index in [2.05, 4.69) is 10.3 Å². The topological polar surface area (TPSA) is 42.0 Å². The molecule has 1 heterocycles. The van der Waals surface area contributed by atoms with Gasteiger partial charge in [-0.3, -0.25) is 4.79 Å². The number of carbonyl (C=O) groups excluding carboxylic acids is 1. The van der Waals surface area contributed by atoms with E-state index in [9.17, 15) is 18.0 Å². The minimum absolute atomic E-state index is 0.0463. The van der Waals surface area contributed by atoms with Gasteiger partial charge in [-0.05, 0) is 25.7 Å². The van der Waals surface area contributed by atoms with E-state index in [1.165, 1.54) is 17.5 Å². The van der Waals surface area contributed by atoms with Gasteiger partial charge in [0.1, 0.15) is 0 Å². The van der Waals surface area contributed by atoms with Gasteiger partial charge in [0.15, 0.2) is 5.13 Å². The van der Waals surface area contributed by atoms with E-state index in [0.29, 0.717) is 22.9 Å². The van der Waals surface area contributed by atoms with Gasteiger partial charge < -0.3 is 5.32 Å². The van der Waals surface area contributed by atoms with Crippen LogP contribution in [0.15, 0.2) is 6.20 Å². The van der Waals surface area contributed by atoms with Crippen molar-refractivity contribution in [1.82, 2.24) is 4.98 Å². The molecular formula is C15H19F3N2OS. The molecule has 22 heavy (non-hydrogen) atoms. The second-order valence-electron chi connectivity index (χ2n) is 6.22. The summed E-state index contributed by atoms with van der Waals surface area (Å²) >= 11 is 1.20. The van der Waals surface area contributed by atoms with Gasteiger partial charge in [0.2, 0.25) is 5.91 Å². The lowest BCUT2D eigenvalue weighted by molar-refractivity contribution is -0.187. The first-order chi connectivity index (χ1) is 10.4. The van der Waals surface area contributed by atoms with E-state index in [1.54, 1.807) is 0 Å². The summed E-state index contributed by atoms with van der Waals surface area (Å²) in [5.74, 6) is -1.80. The van der Waals surface area contributed by atoms with Crippen LogP contribution in [0.2, 0.25) is 0 Å². The molecule has 3 rings (SSSR count). The number of nitrogens with zero attached hydrogens (tertiary/aromatic N) is 1. The standard InChI is InChI=1S/C15H19F3N2OS/c16-15(17,18)11-7-2-1-6-10(11)12-8-19-14(22-12)20-13(21)9-4-3-5-9/h8-11H,1-7H2,(H,19,20,21)/t10-,11+/m1/s1. The van der Waals surface area contributed by atoms with Crippen molar-refractivity contribution in [2.24, 2.45) is 11.8 Å². The van der Waals surface area contributed by atoms with Crippen LogP contribution in [0.5, 0.6) is 0 Å². The fraction of sp³-hybridized carbons (Fsp3) is 0.733. The van der Waals surface area contributed by atoms with Crippen LogP contribution in [0.4, 0.5) is 18.3 Å². The van der Waals surface area contributed by atoms with Crippen LogP contribution in [0, 0.1) is 11.8 Å². The molecule has 0 unspecified atom stereocenters. The quantitative estimate of drug-likeness (QED) is 0.870. The molecule has 1 aromatic rings. The van der Waals surface area contributed by atoms with Crippen LogP contribution in [-0.4, -0.2) is 17.1 Å². The monoisotopic (exact) mass is 332 g/mol.